The third kappa shape index (κ3) is 5.73. The van der Waals surface area contributed by atoms with Gasteiger partial charge in [-0.1, -0.05) is 12.1 Å². The van der Waals surface area contributed by atoms with E-state index in [1.54, 1.807) is 0 Å². The van der Waals surface area contributed by atoms with Crippen molar-refractivity contribution in [3.63, 3.8) is 0 Å². The second-order valence-electron chi connectivity index (χ2n) is 4.55. The number of nitrogens with zero attached hydrogens (tertiary/aromatic N) is 1. The molecule has 1 N–H and O–H groups in total. The summed E-state index contributed by atoms with van der Waals surface area (Å²) in [5, 5.41) is 11.4. The smallest absolute Gasteiger partial charge is 0.314 e. The zero-order valence-corrected chi connectivity index (χ0v) is 11.9. The number of hydrogen-bond acceptors (Lipinski definition) is 5. The van der Waals surface area contributed by atoms with Crippen LogP contribution in [0.25, 0.3) is 0 Å². The summed E-state index contributed by atoms with van der Waals surface area (Å²) in [7, 11) is 1.32. The number of unbranched alkanes of at least 4 members (excludes halogenated alkanes) is 1. The quantitative estimate of drug-likeness (QED) is 0.261. The first-order valence-electron chi connectivity index (χ1n) is 6.62. The molecule has 0 aromatic heterocycles. The van der Waals surface area contributed by atoms with Crippen molar-refractivity contribution in [1.82, 2.24) is 0 Å². The molecule has 0 fully saturated rings. The molecular formula is C15H21NO4. The summed E-state index contributed by atoms with van der Waals surface area (Å²) in [4.78, 5) is 11.4. The highest BCUT2D eigenvalue weighted by molar-refractivity contribution is 5.89. The maximum absolute atomic E-state index is 11.4. The summed E-state index contributed by atoms with van der Waals surface area (Å²) in [6.45, 7) is 2.61. The third-order valence-electron chi connectivity index (χ3n) is 2.92. The van der Waals surface area contributed by atoms with Crippen molar-refractivity contribution < 1.29 is 19.5 Å². The van der Waals surface area contributed by atoms with Gasteiger partial charge in [0.25, 0.3) is 0 Å². The Kier molecular flexibility index (Phi) is 7.17. The van der Waals surface area contributed by atoms with Gasteiger partial charge >= 0.3 is 5.97 Å². The van der Waals surface area contributed by atoms with Gasteiger partial charge in [0.2, 0.25) is 0 Å². The molecule has 0 aliphatic carbocycles. The number of carbonyl (C=O) groups excluding carboxylic acids is 1. The van der Waals surface area contributed by atoms with Gasteiger partial charge in [-0.05, 0) is 43.9 Å². The Balaban J connectivity index is 2.25. The van der Waals surface area contributed by atoms with Gasteiger partial charge in [0.15, 0.2) is 0 Å². The predicted octanol–water partition coefficient (Wildman–Crippen LogP) is 2.79. The van der Waals surface area contributed by atoms with E-state index < -0.39 is 5.92 Å². The van der Waals surface area contributed by atoms with Crippen LogP contribution in [0.4, 0.5) is 0 Å². The summed E-state index contributed by atoms with van der Waals surface area (Å²) in [5.41, 5.74) is 1.16. The van der Waals surface area contributed by atoms with Gasteiger partial charge in [0.05, 0.1) is 25.8 Å². The molecule has 1 unspecified atom stereocenters. The summed E-state index contributed by atoms with van der Waals surface area (Å²) in [6.07, 6.45) is 3.39. The lowest BCUT2D eigenvalue weighted by molar-refractivity contribution is -0.143. The van der Waals surface area contributed by atoms with Crippen LogP contribution in [-0.4, -0.2) is 31.1 Å². The van der Waals surface area contributed by atoms with E-state index in [9.17, 15) is 4.79 Å². The Morgan fingerprint density at radius 2 is 2.25 bits per heavy atom. The minimum absolute atomic E-state index is 0.387. The molecule has 1 atom stereocenters. The second kappa shape index (κ2) is 8.96. The molecule has 0 saturated heterocycles. The summed E-state index contributed by atoms with van der Waals surface area (Å²) < 4.78 is 10.2. The number of aryl methyl sites for hydroxylation is 1. The minimum atomic E-state index is -0.496. The zero-order valence-electron chi connectivity index (χ0n) is 11.9. The van der Waals surface area contributed by atoms with Crippen LogP contribution < -0.4 is 4.74 Å². The van der Waals surface area contributed by atoms with E-state index in [0.29, 0.717) is 13.0 Å². The molecular weight excluding hydrogens is 258 g/mol. The number of rotatable bonds is 8. The van der Waals surface area contributed by atoms with Crippen molar-refractivity contribution >= 4 is 12.2 Å². The molecule has 0 saturated carbocycles. The number of methoxy groups -OCH3 is 1. The molecule has 5 heteroatoms. The fraction of sp³-hybridized carbons (Fsp3) is 0.467. The molecule has 110 valence electrons. The molecule has 0 spiro atoms. The van der Waals surface area contributed by atoms with Crippen LogP contribution in [0.2, 0.25) is 0 Å². The Labute approximate surface area is 119 Å². The molecule has 0 amide bonds. The Morgan fingerprint density at radius 1 is 1.45 bits per heavy atom. The predicted molar refractivity (Wildman–Crippen MR) is 76.3 cm³/mol. The Morgan fingerprint density at radius 3 is 2.90 bits per heavy atom. The van der Waals surface area contributed by atoms with Crippen molar-refractivity contribution in [1.29, 1.82) is 0 Å². The number of carbonyl (C=O) groups is 1. The minimum Gasteiger partial charge on any atom is -0.494 e. The number of ether oxygens (including phenoxy) is 2. The first-order valence-corrected chi connectivity index (χ1v) is 6.62. The van der Waals surface area contributed by atoms with Crippen LogP contribution in [0.5, 0.6) is 5.75 Å². The van der Waals surface area contributed by atoms with Crippen LogP contribution >= 0.6 is 0 Å². The van der Waals surface area contributed by atoms with Crippen LogP contribution in [0.1, 0.15) is 24.8 Å². The van der Waals surface area contributed by atoms with Crippen LogP contribution in [-0.2, 0) is 9.53 Å². The highest BCUT2D eigenvalue weighted by atomic mass is 16.5. The average Bonchev–Trinajstić information content (AvgIpc) is 2.45. The van der Waals surface area contributed by atoms with Gasteiger partial charge in [-0.15, -0.1) is 5.16 Å². The van der Waals surface area contributed by atoms with E-state index in [4.69, 9.17) is 9.94 Å². The van der Waals surface area contributed by atoms with E-state index >= 15 is 0 Å². The summed E-state index contributed by atoms with van der Waals surface area (Å²) >= 11 is 0. The van der Waals surface area contributed by atoms with E-state index in [1.807, 2.05) is 31.2 Å². The molecule has 20 heavy (non-hydrogen) atoms. The van der Waals surface area contributed by atoms with Gasteiger partial charge < -0.3 is 14.7 Å². The number of hydrogen-bond donors (Lipinski definition) is 1. The first kappa shape index (κ1) is 16.0. The topological polar surface area (TPSA) is 68.1 Å². The molecule has 1 aromatic rings. The van der Waals surface area contributed by atoms with Crippen molar-refractivity contribution in [2.45, 2.75) is 26.2 Å². The molecule has 0 aliphatic rings. The van der Waals surface area contributed by atoms with E-state index in [1.165, 1.54) is 13.3 Å². The molecule has 5 nitrogen and oxygen atoms in total. The Hall–Kier alpha value is -2.04. The van der Waals surface area contributed by atoms with Crippen molar-refractivity contribution in [3.05, 3.63) is 29.8 Å². The molecule has 0 radical (unpaired) electrons. The average molecular weight is 279 g/mol. The molecule has 0 heterocycles. The van der Waals surface area contributed by atoms with Crippen molar-refractivity contribution in [3.8, 4) is 5.75 Å². The number of benzene rings is 1. The summed E-state index contributed by atoms with van der Waals surface area (Å²) in [6, 6.07) is 7.87. The largest absolute Gasteiger partial charge is 0.494 e. The van der Waals surface area contributed by atoms with Crippen LogP contribution in [0.15, 0.2) is 29.4 Å². The molecule has 0 aliphatic heterocycles. The highest BCUT2D eigenvalue weighted by Crippen LogP contribution is 2.14. The Bertz CT molecular complexity index is 445. The number of oxime groups is 1. The lowest BCUT2D eigenvalue weighted by atomic mass is 10.0. The van der Waals surface area contributed by atoms with Crippen molar-refractivity contribution in [2.75, 3.05) is 13.7 Å². The second-order valence-corrected chi connectivity index (χ2v) is 4.55. The van der Waals surface area contributed by atoms with E-state index in [2.05, 4.69) is 9.89 Å². The lowest BCUT2D eigenvalue weighted by Gasteiger charge is -2.10. The number of esters is 1. The van der Waals surface area contributed by atoms with E-state index in [-0.39, 0.29) is 5.97 Å². The van der Waals surface area contributed by atoms with Gasteiger partial charge in [0, 0.05) is 0 Å². The molecule has 0 bridgehead atoms. The maximum Gasteiger partial charge on any atom is 0.314 e. The van der Waals surface area contributed by atoms with Gasteiger partial charge in [0.1, 0.15) is 5.75 Å². The molecule has 1 rings (SSSR count). The lowest BCUT2D eigenvalue weighted by Crippen LogP contribution is -2.17. The fourth-order valence-electron chi connectivity index (χ4n) is 1.85. The third-order valence-corrected chi connectivity index (χ3v) is 2.92. The van der Waals surface area contributed by atoms with Crippen LogP contribution in [0.3, 0.4) is 0 Å². The normalized spacial score (nSPS) is 12.3. The fourth-order valence-corrected chi connectivity index (χ4v) is 1.85. The standard InChI is InChI=1S/C15H21NO4/c1-12-6-5-8-14(10-12)20-9-4-3-7-13(11-16-18)15(17)19-2/h5-6,8,10-11,13,18H,3-4,7,9H2,1-2H3/b16-11-. The zero-order chi connectivity index (χ0) is 14.8. The van der Waals surface area contributed by atoms with Crippen molar-refractivity contribution in [2.24, 2.45) is 11.1 Å². The van der Waals surface area contributed by atoms with E-state index in [0.717, 1.165) is 24.2 Å². The maximum atomic E-state index is 11.4. The SMILES string of the molecule is COC(=O)C(/C=N\O)CCCCOc1cccc(C)c1. The monoisotopic (exact) mass is 279 g/mol. The summed E-state index contributed by atoms with van der Waals surface area (Å²) in [5.74, 6) is -0.0298. The van der Waals surface area contributed by atoms with Gasteiger partial charge in [-0.3, -0.25) is 4.79 Å². The van der Waals surface area contributed by atoms with Crippen LogP contribution in [0, 0.1) is 12.8 Å². The highest BCUT2D eigenvalue weighted by Gasteiger charge is 2.16. The van der Waals surface area contributed by atoms with Gasteiger partial charge in [-0.25, -0.2) is 0 Å². The van der Waals surface area contributed by atoms with Gasteiger partial charge in [-0.2, -0.15) is 0 Å². The molecule has 1 aromatic carbocycles. The first-order chi connectivity index (χ1) is 9.67.